The van der Waals surface area contributed by atoms with E-state index < -0.39 is 0 Å². The molecule has 2 aromatic rings. The fourth-order valence-corrected chi connectivity index (χ4v) is 1.03. The van der Waals surface area contributed by atoms with Crippen molar-refractivity contribution in [1.82, 2.24) is 19.8 Å². The quantitative estimate of drug-likeness (QED) is 0.687. The minimum atomic E-state index is 0.120. The van der Waals surface area contributed by atoms with Crippen LogP contribution in [0.15, 0.2) is 18.5 Å². The van der Waals surface area contributed by atoms with Gasteiger partial charge in [0.25, 0.3) is 0 Å². The zero-order chi connectivity index (χ0) is 9.80. The summed E-state index contributed by atoms with van der Waals surface area (Å²) in [6.07, 6.45) is 2.11. The average Bonchev–Trinajstić information content (AvgIpc) is 2.65. The van der Waals surface area contributed by atoms with Crippen molar-refractivity contribution >= 4 is 5.65 Å². The molecule has 0 aliphatic carbocycles. The van der Waals surface area contributed by atoms with Crippen LogP contribution in [-0.4, -0.2) is 38.1 Å². The zero-order valence-electron chi connectivity index (χ0n) is 7.50. The molecule has 2 heterocycles. The standard InChI is InChI=1S/C8H10N4O2/c13-4-1-5-14-8-3-2-7-10-9-6-12(7)11-8/h2-3,6,13H,1,4-5H2. The van der Waals surface area contributed by atoms with E-state index in [1.54, 1.807) is 12.1 Å². The number of aromatic nitrogens is 4. The molecule has 0 bridgehead atoms. The number of fused-ring (bicyclic) bond motifs is 1. The van der Waals surface area contributed by atoms with Crippen LogP contribution in [0.1, 0.15) is 6.42 Å². The highest BCUT2D eigenvalue weighted by Gasteiger charge is 1.99. The molecule has 0 radical (unpaired) electrons. The van der Waals surface area contributed by atoms with E-state index >= 15 is 0 Å². The summed E-state index contributed by atoms with van der Waals surface area (Å²) < 4.78 is 6.81. The van der Waals surface area contributed by atoms with Crippen molar-refractivity contribution in [1.29, 1.82) is 0 Å². The molecule has 0 fully saturated rings. The van der Waals surface area contributed by atoms with E-state index in [1.807, 2.05) is 0 Å². The molecule has 0 unspecified atom stereocenters. The number of aliphatic hydroxyl groups excluding tert-OH is 1. The van der Waals surface area contributed by atoms with E-state index in [-0.39, 0.29) is 6.61 Å². The Kier molecular flexibility index (Phi) is 2.55. The van der Waals surface area contributed by atoms with Gasteiger partial charge in [-0.25, -0.2) is 0 Å². The number of hydrogen-bond donors (Lipinski definition) is 1. The minimum Gasteiger partial charge on any atom is -0.477 e. The first kappa shape index (κ1) is 8.89. The first-order valence-electron chi connectivity index (χ1n) is 4.31. The molecule has 1 N–H and O–H groups in total. The van der Waals surface area contributed by atoms with Gasteiger partial charge in [0.1, 0.15) is 6.33 Å². The van der Waals surface area contributed by atoms with E-state index in [0.717, 1.165) is 0 Å². The Morgan fingerprint density at radius 1 is 1.43 bits per heavy atom. The number of nitrogens with zero attached hydrogens (tertiary/aromatic N) is 4. The molecule has 0 aliphatic rings. The third kappa shape index (κ3) is 1.80. The molecule has 0 aromatic carbocycles. The van der Waals surface area contributed by atoms with E-state index in [1.165, 1.54) is 10.8 Å². The maximum Gasteiger partial charge on any atom is 0.231 e. The molecule has 0 saturated carbocycles. The zero-order valence-corrected chi connectivity index (χ0v) is 7.50. The lowest BCUT2D eigenvalue weighted by molar-refractivity contribution is 0.227. The lowest BCUT2D eigenvalue weighted by Crippen LogP contribution is -2.03. The topological polar surface area (TPSA) is 72.5 Å². The molecule has 0 spiro atoms. The van der Waals surface area contributed by atoms with Gasteiger partial charge >= 0.3 is 0 Å². The Morgan fingerprint density at radius 3 is 3.21 bits per heavy atom. The lowest BCUT2D eigenvalue weighted by Gasteiger charge is -2.02. The van der Waals surface area contributed by atoms with Crippen molar-refractivity contribution in [2.45, 2.75) is 6.42 Å². The molecule has 2 aromatic heterocycles. The normalized spacial score (nSPS) is 10.6. The van der Waals surface area contributed by atoms with Crippen molar-refractivity contribution in [2.24, 2.45) is 0 Å². The van der Waals surface area contributed by atoms with E-state index in [2.05, 4.69) is 15.3 Å². The Balaban J connectivity index is 2.10. The molecule has 0 saturated heterocycles. The van der Waals surface area contributed by atoms with E-state index in [4.69, 9.17) is 9.84 Å². The van der Waals surface area contributed by atoms with Gasteiger partial charge in [-0.05, 0) is 6.07 Å². The van der Waals surface area contributed by atoms with Crippen LogP contribution in [0.25, 0.3) is 5.65 Å². The molecular formula is C8H10N4O2. The first-order valence-corrected chi connectivity index (χ1v) is 4.31. The van der Waals surface area contributed by atoms with Crippen LogP contribution in [0.2, 0.25) is 0 Å². The SMILES string of the molecule is OCCCOc1ccc2nncn2n1. The molecular weight excluding hydrogens is 184 g/mol. The van der Waals surface area contributed by atoms with Gasteiger partial charge in [-0.2, -0.15) is 4.52 Å². The first-order chi connectivity index (χ1) is 6.90. The van der Waals surface area contributed by atoms with Gasteiger partial charge in [-0.3, -0.25) is 0 Å². The smallest absolute Gasteiger partial charge is 0.231 e. The van der Waals surface area contributed by atoms with Gasteiger partial charge in [-0.15, -0.1) is 15.3 Å². The second kappa shape index (κ2) is 4.01. The molecule has 74 valence electrons. The number of hydrogen-bond acceptors (Lipinski definition) is 5. The van der Waals surface area contributed by atoms with Crippen molar-refractivity contribution in [3.8, 4) is 5.88 Å². The lowest BCUT2D eigenvalue weighted by atomic mass is 10.5. The summed E-state index contributed by atoms with van der Waals surface area (Å²) in [4.78, 5) is 0. The Morgan fingerprint density at radius 2 is 2.36 bits per heavy atom. The van der Waals surface area contributed by atoms with Crippen LogP contribution in [0, 0.1) is 0 Å². The van der Waals surface area contributed by atoms with Gasteiger partial charge < -0.3 is 9.84 Å². The minimum absolute atomic E-state index is 0.120. The van der Waals surface area contributed by atoms with Crippen molar-refractivity contribution in [3.05, 3.63) is 18.5 Å². The molecule has 0 atom stereocenters. The highest BCUT2D eigenvalue weighted by Crippen LogP contribution is 2.06. The van der Waals surface area contributed by atoms with Crippen LogP contribution in [0.4, 0.5) is 0 Å². The molecule has 0 amide bonds. The Hall–Kier alpha value is -1.69. The molecule has 6 heteroatoms. The van der Waals surface area contributed by atoms with E-state index in [0.29, 0.717) is 24.6 Å². The van der Waals surface area contributed by atoms with Gasteiger partial charge in [-0.1, -0.05) is 0 Å². The van der Waals surface area contributed by atoms with Crippen molar-refractivity contribution in [2.75, 3.05) is 13.2 Å². The van der Waals surface area contributed by atoms with Crippen LogP contribution < -0.4 is 4.74 Å². The van der Waals surface area contributed by atoms with Gasteiger partial charge in [0.2, 0.25) is 5.88 Å². The Bertz CT molecular complexity index is 414. The summed E-state index contributed by atoms with van der Waals surface area (Å²) in [7, 11) is 0. The van der Waals surface area contributed by atoms with Crippen LogP contribution in [0.5, 0.6) is 5.88 Å². The summed E-state index contributed by atoms with van der Waals surface area (Å²) in [6.45, 7) is 0.575. The van der Waals surface area contributed by atoms with Gasteiger partial charge in [0, 0.05) is 19.1 Å². The summed E-state index contributed by atoms with van der Waals surface area (Å²) in [6, 6.07) is 3.50. The summed E-state index contributed by atoms with van der Waals surface area (Å²) in [5, 5.41) is 20.2. The second-order valence-electron chi connectivity index (χ2n) is 2.73. The van der Waals surface area contributed by atoms with Gasteiger partial charge in [0.15, 0.2) is 5.65 Å². The second-order valence-corrected chi connectivity index (χ2v) is 2.73. The predicted octanol–water partition coefficient (Wildman–Crippen LogP) is -0.115. The largest absolute Gasteiger partial charge is 0.477 e. The van der Waals surface area contributed by atoms with Gasteiger partial charge in [0.05, 0.1) is 6.61 Å². The fraction of sp³-hybridized carbons (Fsp3) is 0.375. The van der Waals surface area contributed by atoms with E-state index in [9.17, 15) is 0 Å². The van der Waals surface area contributed by atoms with Crippen LogP contribution in [-0.2, 0) is 0 Å². The average molecular weight is 194 g/mol. The highest BCUT2D eigenvalue weighted by atomic mass is 16.5. The summed E-state index contributed by atoms with van der Waals surface area (Å²) in [5.41, 5.74) is 0.680. The molecule has 0 aliphatic heterocycles. The third-order valence-corrected chi connectivity index (χ3v) is 1.69. The summed E-state index contributed by atoms with van der Waals surface area (Å²) >= 11 is 0. The van der Waals surface area contributed by atoms with Crippen LogP contribution in [0.3, 0.4) is 0 Å². The molecule has 6 nitrogen and oxygen atoms in total. The molecule has 2 rings (SSSR count). The highest BCUT2D eigenvalue weighted by molar-refractivity contribution is 5.35. The monoisotopic (exact) mass is 194 g/mol. The number of aliphatic hydroxyl groups is 1. The van der Waals surface area contributed by atoms with Crippen molar-refractivity contribution < 1.29 is 9.84 Å². The Labute approximate surface area is 80.1 Å². The number of rotatable bonds is 4. The third-order valence-electron chi connectivity index (χ3n) is 1.69. The summed E-state index contributed by atoms with van der Waals surface area (Å²) in [5.74, 6) is 0.505. The molecule has 14 heavy (non-hydrogen) atoms. The van der Waals surface area contributed by atoms with Crippen LogP contribution >= 0.6 is 0 Å². The fourth-order valence-electron chi connectivity index (χ4n) is 1.03. The number of ether oxygens (including phenoxy) is 1. The predicted molar refractivity (Wildman–Crippen MR) is 48.0 cm³/mol. The maximum absolute atomic E-state index is 8.56. The van der Waals surface area contributed by atoms with Crippen molar-refractivity contribution in [3.63, 3.8) is 0 Å². The maximum atomic E-state index is 8.56.